The summed E-state index contributed by atoms with van der Waals surface area (Å²) >= 11 is 0. The maximum atomic E-state index is 12.5. The Bertz CT molecular complexity index is 355. The van der Waals surface area contributed by atoms with Crippen molar-refractivity contribution in [3.05, 3.63) is 30.1 Å². The van der Waals surface area contributed by atoms with Crippen LogP contribution in [0.5, 0.6) is 0 Å². The minimum atomic E-state index is -0.207. The number of pyridine rings is 1. The molecule has 0 aliphatic carbocycles. The Morgan fingerprint density at radius 2 is 2.50 bits per heavy atom. The lowest BCUT2D eigenvalue weighted by Crippen LogP contribution is -2.45. The summed E-state index contributed by atoms with van der Waals surface area (Å²) < 4.78 is 0. The summed E-state index contributed by atoms with van der Waals surface area (Å²) in [6.45, 7) is 3.93. The Morgan fingerprint density at radius 3 is 3.06 bits per heavy atom. The van der Waals surface area contributed by atoms with Crippen LogP contribution in [0, 0.1) is 5.41 Å². The summed E-state index contributed by atoms with van der Waals surface area (Å²) in [6.07, 6.45) is 6.35. The standard InChI is InChI=1S/C13H18N2O/c1-2-13(6-4-8-15-10-13)12(16)11-5-3-7-14-9-11/h3,5,7,9,15H,2,4,6,8,10H2,1H3. The van der Waals surface area contributed by atoms with Gasteiger partial charge in [-0.1, -0.05) is 6.92 Å². The molecule has 1 fully saturated rings. The van der Waals surface area contributed by atoms with Crippen LogP contribution in [0.25, 0.3) is 0 Å². The van der Waals surface area contributed by atoms with Crippen molar-refractivity contribution < 1.29 is 4.79 Å². The molecule has 2 rings (SSSR count). The molecular formula is C13H18N2O. The van der Waals surface area contributed by atoms with Crippen molar-refractivity contribution >= 4 is 5.78 Å². The molecule has 1 unspecified atom stereocenters. The average Bonchev–Trinajstić information content (AvgIpc) is 2.39. The molecule has 1 aromatic rings. The highest BCUT2D eigenvalue weighted by Crippen LogP contribution is 2.33. The number of ketones is 1. The fraction of sp³-hybridized carbons (Fsp3) is 0.538. The average molecular weight is 218 g/mol. The number of rotatable bonds is 3. The van der Waals surface area contributed by atoms with Gasteiger partial charge in [0.2, 0.25) is 0 Å². The molecule has 0 saturated carbocycles. The van der Waals surface area contributed by atoms with E-state index in [1.807, 2.05) is 12.1 Å². The molecule has 86 valence electrons. The fourth-order valence-electron chi connectivity index (χ4n) is 2.43. The van der Waals surface area contributed by atoms with Crippen LogP contribution in [0.3, 0.4) is 0 Å². The van der Waals surface area contributed by atoms with Crippen LogP contribution >= 0.6 is 0 Å². The lowest BCUT2D eigenvalue weighted by atomic mass is 9.73. The van der Waals surface area contributed by atoms with E-state index in [1.54, 1.807) is 12.4 Å². The van der Waals surface area contributed by atoms with Gasteiger partial charge in [0, 0.05) is 29.9 Å². The van der Waals surface area contributed by atoms with Crippen LogP contribution in [0.2, 0.25) is 0 Å². The van der Waals surface area contributed by atoms with Gasteiger partial charge in [0.05, 0.1) is 0 Å². The van der Waals surface area contributed by atoms with E-state index in [4.69, 9.17) is 0 Å². The predicted octanol–water partition coefficient (Wildman–Crippen LogP) is 2.04. The number of carbonyl (C=O) groups excluding carboxylic acids is 1. The van der Waals surface area contributed by atoms with Crippen LogP contribution in [0.15, 0.2) is 24.5 Å². The molecule has 0 radical (unpaired) electrons. The first kappa shape index (κ1) is 11.3. The maximum absolute atomic E-state index is 12.5. The lowest BCUT2D eigenvalue weighted by Gasteiger charge is -2.35. The number of hydrogen-bond acceptors (Lipinski definition) is 3. The summed E-state index contributed by atoms with van der Waals surface area (Å²) in [5.41, 5.74) is 0.537. The first-order valence-electron chi connectivity index (χ1n) is 5.94. The summed E-state index contributed by atoms with van der Waals surface area (Å²) in [4.78, 5) is 16.5. The Kier molecular flexibility index (Phi) is 3.34. The number of carbonyl (C=O) groups is 1. The van der Waals surface area contributed by atoms with Gasteiger partial charge in [-0.2, -0.15) is 0 Å². The molecule has 1 N–H and O–H groups in total. The first-order chi connectivity index (χ1) is 7.78. The Hall–Kier alpha value is -1.22. The van der Waals surface area contributed by atoms with Crippen LogP contribution in [0.4, 0.5) is 0 Å². The number of Topliss-reactive ketones (excluding diaryl/α,β-unsaturated/α-hetero) is 1. The highest BCUT2D eigenvalue weighted by molar-refractivity contribution is 6.00. The molecule has 1 aliphatic heterocycles. The highest BCUT2D eigenvalue weighted by atomic mass is 16.1. The van der Waals surface area contributed by atoms with Crippen molar-refractivity contribution in [1.29, 1.82) is 0 Å². The monoisotopic (exact) mass is 218 g/mol. The van der Waals surface area contributed by atoms with Crippen LogP contribution < -0.4 is 5.32 Å². The molecule has 0 amide bonds. The Morgan fingerprint density at radius 1 is 1.62 bits per heavy atom. The smallest absolute Gasteiger partial charge is 0.171 e. The van der Waals surface area contributed by atoms with E-state index in [0.29, 0.717) is 0 Å². The molecule has 2 heterocycles. The SMILES string of the molecule is CCC1(C(=O)c2cccnc2)CCCNC1. The highest BCUT2D eigenvalue weighted by Gasteiger charge is 2.38. The molecule has 16 heavy (non-hydrogen) atoms. The Labute approximate surface area is 96.3 Å². The number of nitrogens with one attached hydrogen (secondary N) is 1. The molecular weight excluding hydrogens is 200 g/mol. The first-order valence-corrected chi connectivity index (χ1v) is 5.94. The molecule has 3 nitrogen and oxygen atoms in total. The van der Waals surface area contributed by atoms with E-state index in [2.05, 4.69) is 17.2 Å². The Balaban J connectivity index is 2.24. The van der Waals surface area contributed by atoms with Gasteiger partial charge >= 0.3 is 0 Å². The van der Waals surface area contributed by atoms with Crippen molar-refractivity contribution in [2.75, 3.05) is 13.1 Å². The van der Waals surface area contributed by atoms with Gasteiger partial charge in [-0.3, -0.25) is 9.78 Å². The molecule has 1 aliphatic rings. The quantitative estimate of drug-likeness (QED) is 0.789. The largest absolute Gasteiger partial charge is 0.316 e. The van der Waals surface area contributed by atoms with Gasteiger partial charge in [-0.15, -0.1) is 0 Å². The van der Waals surface area contributed by atoms with E-state index in [1.165, 1.54) is 0 Å². The van der Waals surface area contributed by atoms with Crippen molar-refractivity contribution in [3.63, 3.8) is 0 Å². The van der Waals surface area contributed by atoms with E-state index >= 15 is 0 Å². The number of piperidine rings is 1. The molecule has 0 bridgehead atoms. The topological polar surface area (TPSA) is 42.0 Å². The predicted molar refractivity (Wildman–Crippen MR) is 63.4 cm³/mol. The van der Waals surface area contributed by atoms with Gasteiger partial charge in [0.25, 0.3) is 0 Å². The van der Waals surface area contributed by atoms with E-state index in [0.717, 1.165) is 37.9 Å². The minimum absolute atomic E-state index is 0.207. The maximum Gasteiger partial charge on any atom is 0.171 e. The molecule has 0 spiro atoms. The third-order valence-corrected chi connectivity index (χ3v) is 3.55. The van der Waals surface area contributed by atoms with Crippen LogP contribution in [0.1, 0.15) is 36.5 Å². The van der Waals surface area contributed by atoms with Gasteiger partial charge in [-0.25, -0.2) is 0 Å². The normalized spacial score (nSPS) is 25.3. The van der Waals surface area contributed by atoms with E-state index in [9.17, 15) is 4.79 Å². The second kappa shape index (κ2) is 4.74. The minimum Gasteiger partial charge on any atom is -0.316 e. The molecule has 1 atom stereocenters. The van der Waals surface area contributed by atoms with Gasteiger partial charge in [0.15, 0.2) is 5.78 Å². The van der Waals surface area contributed by atoms with Crippen molar-refractivity contribution in [2.45, 2.75) is 26.2 Å². The number of hydrogen-bond donors (Lipinski definition) is 1. The van der Waals surface area contributed by atoms with Gasteiger partial charge < -0.3 is 5.32 Å². The van der Waals surface area contributed by atoms with Gasteiger partial charge in [0.1, 0.15) is 0 Å². The fourth-order valence-corrected chi connectivity index (χ4v) is 2.43. The van der Waals surface area contributed by atoms with E-state index < -0.39 is 0 Å². The third-order valence-electron chi connectivity index (χ3n) is 3.55. The summed E-state index contributed by atoms with van der Waals surface area (Å²) in [7, 11) is 0. The molecule has 1 aromatic heterocycles. The molecule has 3 heteroatoms. The van der Waals surface area contributed by atoms with Crippen molar-refractivity contribution in [2.24, 2.45) is 5.41 Å². The second-order valence-corrected chi connectivity index (χ2v) is 4.49. The zero-order valence-electron chi connectivity index (χ0n) is 9.70. The van der Waals surface area contributed by atoms with E-state index in [-0.39, 0.29) is 11.2 Å². The second-order valence-electron chi connectivity index (χ2n) is 4.49. The van der Waals surface area contributed by atoms with Crippen molar-refractivity contribution in [1.82, 2.24) is 10.3 Å². The number of aromatic nitrogens is 1. The zero-order chi connectivity index (χ0) is 11.4. The summed E-state index contributed by atoms with van der Waals surface area (Å²) in [5.74, 6) is 0.246. The number of nitrogens with zero attached hydrogens (tertiary/aromatic N) is 1. The molecule has 1 saturated heterocycles. The third kappa shape index (κ3) is 2.00. The van der Waals surface area contributed by atoms with Crippen molar-refractivity contribution in [3.8, 4) is 0 Å². The molecule has 0 aromatic carbocycles. The van der Waals surface area contributed by atoms with Gasteiger partial charge in [-0.05, 0) is 37.9 Å². The summed E-state index contributed by atoms with van der Waals surface area (Å²) in [6, 6.07) is 3.69. The summed E-state index contributed by atoms with van der Waals surface area (Å²) in [5, 5.41) is 3.34. The van der Waals surface area contributed by atoms with Crippen LogP contribution in [-0.2, 0) is 0 Å². The van der Waals surface area contributed by atoms with Crippen LogP contribution in [-0.4, -0.2) is 23.9 Å². The lowest BCUT2D eigenvalue weighted by molar-refractivity contribution is 0.0730. The zero-order valence-corrected chi connectivity index (χ0v) is 9.70.